The Labute approximate surface area is 185 Å². The van der Waals surface area contributed by atoms with Crippen LogP contribution in [-0.2, 0) is 19.1 Å². The molecule has 1 aliphatic heterocycles. The minimum Gasteiger partial charge on any atom is -0.368 e. The molecule has 0 spiro atoms. The number of piperidine rings is 1. The highest BCUT2D eigenvalue weighted by Crippen LogP contribution is 2.42. The first-order valence-electron chi connectivity index (χ1n) is 10.6. The summed E-state index contributed by atoms with van der Waals surface area (Å²) in [6, 6.07) is 10.7. The van der Waals surface area contributed by atoms with Gasteiger partial charge in [0.2, 0.25) is 11.8 Å². The van der Waals surface area contributed by atoms with Gasteiger partial charge in [-0.25, -0.2) is 0 Å². The van der Waals surface area contributed by atoms with Crippen molar-refractivity contribution in [3.05, 3.63) is 59.0 Å². The van der Waals surface area contributed by atoms with Gasteiger partial charge in [-0.3, -0.25) is 23.7 Å². The molecule has 1 aliphatic carbocycles. The fraction of sp³-hybridized carbons (Fsp3) is 0.391. The summed E-state index contributed by atoms with van der Waals surface area (Å²) in [5, 5.41) is 2.81. The second kappa shape index (κ2) is 8.58. The van der Waals surface area contributed by atoms with Gasteiger partial charge in [-0.15, -0.1) is 0 Å². The number of aromatic nitrogens is 1. The van der Waals surface area contributed by atoms with E-state index in [1.165, 1.54) is 22.6 Å². The van der Waals surface area contributed by atoms with Crippen molar-refractivity contribution in [3.63, 3.8) is 0 Å². The monoisotopic (exact) mass is 438 g/mol. The van der Waals surface area contributed by atoms with Crippen LogP contribution in [0, 0.1) is 5.92 Å². The van der Waals surface area contributed by atoms with Crippen LogP contribution in [0.1, 0.15) is 25.7 Å². The number of nitrogens with one attached hydrogen (secondary N) is 1. The van der Waals surface area contributed by atoms with E-state index in [9.17, 15) is 19.2 Å². The molecule has 3 amide bonds. The van der Waals surface area contributed by atoms with Crippen LogP contribution in [0.2, 0.25) is 0 Å². The molecule has 2 unspecified atom stereocenters. The van der Waals surface area contributed by atoms with Crippen LogP contribution in [0.15, 0.2) is 53.5 Å². The van der Waals surface area contributed by atoms with Crippen molar-refractivity contribution in [2.24, 2.45) is 11.7 Å². The summed E-state index contributed by atoms with van der Waals surface area (Å²) in [5.74, 6) is -2.12. The summed E-state index contributed by atoms with van der Waals surface area (Å²) in [5.41, 5.74) is 5.76. The molecule has 32 heavy (non-hydrogen) atoms. The summed E-state index contributed by atoms with van der Waals surface area (Å²) >= 11 is 0. The van der Waals surface area contributed by atoms with Crippen molar-refractivity contribution in [2.45, 2.75) is 37.3 Å². The molecule has 168 valence electrons. The van der Waals surface area contributed by atoms with Crippen molar-refractivity contribution in [1.29, 1.82) is 0 Å². The maximum absolute atomic E-state index is 13.1. The summed E-state index contributed by atoms with van der Waals surface area (Å²) in [6.07, 6.45) is 3.88. The van der Waals surface area contributed by atoms with Crippen molar-refractivity contribution in [2.75, 3.05) is 19.0 Å². The number of benzene rings is 1. The third kappa shape index (κ3) is 4.03. The zero-order valence-corrected chi connectivity index (χ0v) is 17.8. The van der Waals surface area contributed by atoms with Gasteiger partial charge in [0.1, 0.15) is 11.6 Å². The molecule has 1 aromatic carbocycles. The molecule has 0 bridgehead atoms. The Hall–Kier alpha value is -3.46. The van der Waals surface area contributed by atoms with Crippen LogP contribution < -0.4 is 16.6 Å². The topological polar surface area (TPSA) is 124 Å². The number of nitrogens with two attached hydrogens (primary N) is 1. The van der Waals surface area contributed by atoms with E-state index < -0.39 is 23.5 Å². The molecular weight excluding hydrogens is 412 g/mol. The van der Waals surface area contributed by atoms with E-state index in [0.717, 1.165) is 0 Å². The highest BCUT2D eigenvalue weighted by Gasteiger charge is 2.55. The van der Waals surface area contributed by atoms with Gasteiger partial charge in [-0.1, -0.05) is 6.07 Å². The lowest BCUT2D eigenvalue weighted by molar-refractivity contribution is -0.155. The van der Waals surface area contributed by atoms with Crippen molar-refractivity contribution in [3.8, 4) is 5.69 Å². The Balaban J connectivity index is 1.50. The van der Waals surface area contributed by atoms with Crippen LogP contribution in [0.5, 0.6) is 0 Å². The van der Waals surface area contributed by atoms with Crippen molar-refractivity contribution >= 4 is 23.4 Å². The number of hydrogen-bond donors (Lipinski definition) is 2. The minimum absolute atomic E-state index is 0.162. The van der Waals surface area contributed by atoms with Crippen LogP contribution in [0.25, 0.3) is 5.69 Å². The second-order valence-corrected chi connectivity index (χ2v) is 8.24. The number of methoxy groups -OCH3 is 1. The average Bonchev–Trinajstić information content (AvgIpc) is 3.60. The first-order chi connectivity index (χ1) is 15.4. The molecule has 2 fully saturated rings. The quantitative estimate of drug-likeness (QED) is 0.698. The van der Waals surface area contributed by atoms with E-state index in [-0.39, 0.29) is 17.4 Å². The number of carbonyl (C=O) groups excluding carboxylic acids is 3. The molecular formula is C23H26N4O5. The molecule has 3 N–H and O–H groups in total. The summed E-state index contributed by atoms with van der Waals surface area (Å²) in [7, 11) is 1.48. The number of ether oxygens (including phenoxy) is 1. The van der Waals surface area contributed by atoms with E-state index in [4.69, 9.17) is 10.5 Å². The number of anilines is 1. The number of carbonyl (C=O) groups is 3. The standard InChI is InChI=1S/C23H26N4O5/c1-32-23(11-12-23)22(31)27-14-4-5-17(19(27)20(24)29)21(30)25-15-7-9-16(10-8-15)26-13-3-2-6-18(26)28/h2-3,6-10,13,17,19H,4-5,11-12,14H2,1H3,(H2,24,29)(H,25,30). The Bertz CT molecular complexity index is 1090. The molecule has 0 radical (unpaired) electrons. The van der Waals surface area contributed by atoms with E-state index >= 15 is 0 Å². The molecule has 9 heteroatoms. The van der Waals surface area contributed by atoms with Gasteiger partial charge in [0.25, 0.3) is 11.5 Å². The normalized spacial score (nSPS) is 21.6. The molecule has 2 atom stereocenters. The second-order valence-electron chi connectivity index (χ2n) is 8.24. The Kier molecular flexibility index (Phi) is 5.84. The molecule has 1 saturated heterocycles. The van der Waals surface area contributed by atoms with Gasteiger partial charge >= 0.3 is 0 Å². The number of amides is 3. The Morgan fingerprint density at radius 2 is 1.84 bits per heavy atom. The fourth-order valence-electron chi connectivity index (χ4n) is 4.31. The zero-order chi connectivity index (χ0) is 22.9. The lowest BCUT2D eigenvalue weighted by Gasteiger charge is -2.40. The molecule has 9 nitrogen and oxygen atoms in total. The smallest absolute Gasteiger partial charge is 0.255 e. The van der Waals surface area contributed by atoms with Gasteiger partial charge < -0.3 is 20.7 Å². The van der Waals surface area contributed by atoms with E-state index in [1.807, 2.05) is 0 Å². The first kappa shape index (κ1) is 21.8. The van der Waals surface area contributed by atoms with Crippen molar-refractivity contribution < 1.29 is 19.1 Å². The largest absolute Gasteiger partial charge is 0.368 e. The number of likely N-dealkylation sites (tertiary alicyclic amines) is 1. The van der Waals surface area contributed by atoms with Gasteiger partial charge in [0, 0.05) is 37.3 Å². The maximum Gasteiger partial charge on any atom is 0.255 e. The van der Waals surface area contributed by atoms with Crippen LogP contribution in [0.4, 0.5) is 5.69 Å². The lowest BCUT2D eigenvalue weighted by atomic mass is 9.87. The van der Waals surface area contributed by atoms with Gasteiger partial charge in [0.15, 0.2) is 0 Å². The summed E-state index contributed by atoms with van der Waals surface area (Å²) in [6.45, 7) is 0.363. The molecule has 2 aromatic rings. The molecule has 4 rings (SSSR count). The van der Waals surface area contributed by atoms with E-state index in [0.29, 0.717) is 43.6 Å². The molecule has 2 aliphatic rings. The summed E-state index contributed by atoms with van der Waals surface area (Å²) < 4.78 is 6.86. The van der Waals surface area contributed by atoms with Crippen LogP contribution in [0.3, 0.4) is 0 Å². The van der Waals surface area contributed by atoms with E-state index in [2.05, 4.69) is 5.32 Å². The van der Waals surface area contributed by atoms with E-state index in [1.54, 1.807) is 42.6 Å². The van der Waals surface area contributed by atoms with Gasteiger partial charge in [-0.05, 0) is 56.0 Å². The number of hydrogen-bond acceptors (Lipinski definition) is 5. The highest BCUT2D eigenvalue weighted by molar-refractivity contribution is 6.00. The molecule has 1 aromatic heterocycles. The first-order valence-corrected chi connectivity index (χ1v) is 10.6. The Morgan fingerprint density at radius 1 is 1.12 bits per heavy atom. The average molecular weight is 438 g/mol. The van der Waals surface area contributed by atoms with Gasteiger partial charge in [0.05, 0.1) is 5.92 Å². The third-order valence-corrected chi connectivity index (χ3v) is 6.24. The predicted molar refractivity (Wildman–Crippen MR) is 117 cm³/mol. The lowest BCUT2D eigenvalue weighted by Crippen LogP contribution is -2.60. The SMILES string of the molecule is COC1(C(=O)N2CCCC(C(=O)Nc3ccc(-n4ccccc4=O)cc3)C2C(N)=O)CC1. The maximum atomic E-state index is 13.1. The number of primary amides is 1. The third-order valence-electron chi connectivity index (χ3n) is 6.24. The highest BCUT2D eigenvalue weighted by atomic mass is 16.5. The molecule has 2 heterocycles. The molecule has 1 saturated carbocycles. The van der Waals surface area contributed by atoms with Crippen molar-refractivity contribution in [1.82, 2.24) is 9.47 Å². The van der Waals surface area contributed by atoms with Gasteiger partial charge in [-0.2, -0.15) is 0 Å². The van der Waals surface area contributed by atoms with Crippen LogP contribution >= 0.6 is 0 Å². The predicted octanol–water partition coefficient (Wildman–Crippen LogP) is 1.05. The fourth-order valence-corrected chi connectivity index (χ4v) is 4.31. The number of pyridine rings is 1. The zero-order valence-electron chi connectivity index (χ0n) is 17.8. The Morgan fingerprint density at radius 3 is 2.44 bits per heavy atom. The summed E-state index contributed by atoms with van der Waals surface area (Å²) in [4.78, 5) is 51.7. The minimum atomic E-state index is -1.02. The number of nitrogens with zero attached hydrogens (tertiary/aromatic N) is 2. The van der Waals surface area contributed by atoms with Crippen LogP contribution in [-0.4, -0.2) is 52.5 Å². The number of rotatable bonds is 6.